The van der Waals surface area contributed by atoms with Gasteiger partial charge in [0.15, 0.2) is 5.58 Å². The molecule has 4 aromatic rings. The molecule has 5 heteroatoms. The molecule has 0 bridgehead atoms. The van der Waals surface area contributed by atoms with Crippen molar-refractivity contribution in [3.63, 3.8) is 0 Å². The van der Waals surface area contributed by atoms with Gasteiger partial charge in [-0.05, 0) is 78.4 Å². The van der Waals surface area contributed by atoms with Gasteiger partial charge in [-0.1, -0.05) is 39.8 Å². The van der Waals surface area contributed by atoms with E-state index in [0.29, 0.717) is 35.6 Å². The zero-order valence-corrected chi connectivity index (χ0v) is 19.6. The molecule has 0 aliphatic heterocycles. The minimum atomic E-state index is -0.182. The molecule has 5 nitrogen and oxygen atoms in total. The molecule has 0 saturated heterocycles. The Bertz CT molecular complexity index is 1240. The molecule has 0 aliphatic rings. The normalized spacial score (nSPS) is 12.2. The van der Waals surface area contributed by atoms with Gasteiger partial charge in [0.2, 0.25) is 5.89 Å². The quantitative estimate of drug-likeness (QED) is 0.311. The van der Waals surface area contributed by atoms with E-state index in [4.69, 9.17) is 9.15 Å². The number of oxazole rings is 1. The molecule has 1 unspecified atom stereocenters. The SMILES string of the molecule is CCC(C)c1ccc2oc(-c3cccc(NC(=O)c4ccc(OCC(C)C)cc4)c3)nc2c1. The van der Waals surface area contributed by atoms with Crippen molar-refractivity contribution in [1.29, 1.82) is 0 Å². The Morgan fingerprint density at radius 1 is 1.03 bits per heavy atom. The van der Waals surface area contributed by atoms with Gasteiger partial charge in [-0.25, -0.2) is 4.98 Å². The lowest BCUT2D eigenvalue weighted by Gasteiger charge is -2.10. The van der Waals surface area contributed by atoms with Crippen molar-refractivity contribution in [2.45, 2.75) is 40.0 Å². The summed E-state index contributed by atoms with van der Waals surface area (Å²) in [6.45, 7) is 9.23. The van der Waals surface area contributed by atoms with E-state index in [2.05, 4.69) is 50.1 Å². The zero-order valence-electron chi connectivity index (χ0n) is 19.6. The molecular weight excluding hydrogens is 412 g/mol. The highest BCUT2D eigenvalue weighted by molar-refractivity contribution is 6.04. The van der Waals surface area contributed by atoms with Gasteiger partial charge >= 0.3 is 0 Å². The van der Waals surface area contributed by atoms with Gasteiger partial charge in [0.25, 0.3) is 5.91 Å². The minimum Gasteiger partial charge on any atom is -0.493 e. The number of hydrogen-bond acceptors (Lipinski definition) is 4. The third-order valence-electron chi connectivity index (χ3n) is 5.66. The molecule has 33 heavy (non-hydrogen) atoms. The van der Waals surface area contributed by atoms with Crippen molar-refractivity contribution in [3.05, 3.63) is 77.9 Å². The largest absolute Gasteiger partial charge is 0.493 e. The monoisotopic (exact) mass is 442 g/mol. The molecule has 170 valence electrons. The maximum atomic E-state index is 12.7. The fraction of sp³-hybridized carbons (Fsp3) is 0.286. The van der Waals surface area contributed by atoms with Crippen LogP contribution in [0.3, 0.4) is 0 Å². The highest BCUT2D eigenvalue weighted by Gasteiger charge is 2.13. The molecule has 0 fully saturated rings. The Kier molecular flexibility index (Phi) is 6.78. The number of benzene rings is 3. The summed E-state index contributed by atoms with van der Waals surface area (Å²) >= 11 is 0. The lowest BCUT2D eigenvalue weighted by molar-refractivity contribution is 0.102. The standard InChI is InChI=1S/C28H30N2O3/c1-5-19(4)21-11-14-26-25(16-21)30-28(33-26)22-7-6-8-23(15-22)29-27(31)20-9-12-24(13-10-20)32-17-18(2)3/h6-16,18-19H,5,17H2,1-4H3,(H,29,31). The Morgan fingerprint density at radius 3 is 2.55 bits per heavy atom. The van der Waals surface area contributed by atoms with Crippen molar-refractivity contribution in [2.75, 3.05) is 11.9 Å². The summed E-state index contributed by atoms with van der Waals surface area (Å²) in [5.74, 6) is 2.04. The van der Waals surface area contributed by atoms with Crippen molar-refractivity contribution >= 4 is 22.7 Å². The number of anilines is 1. The number of nitrogens with zero attached hydrogens (tertiary/aromatic N) is 1. The van der Waals surface area contributed by atoms with Crippen LogP contribution in [-0.2, 0) is 0 Å². The van der Waals surface area contributed by atoms with E-state index < -0.39 is 0 Å². The topological polar surface area (TPSA) is 64.4 Å². The van der Waals surface area contributed by atoms with E-state index in [9.17, 15) is 4.79 Å². The molecule has 0 aliphatic carbocycles. The molecular formula is C28H30N2O3. The van der Waals surface area contributed by atoms with Crippen LogP contribution in [0.15, 0.2) is 71.1 Å². The van der Waals surface area contributed by atoms with Crippen molar-refractivity contribution in [1.82, 2.24) is 4.98 Å². The predicted octanol–water partition coefficient (Wildman–Crippen LogP) is 7.30. The second kappa shape index (κ2) is 9.90. The summed E-state index contributed by atoms with van der Waals surface area (Å²) in [6.07, 6.45) is 1.08. The van der Waals surface area contributed by atoms with Crippen LogP contribution in [0.2, 0.25) is 0 Å². The van der Waals surface area contributed by atoms with Gasteiger partial charge in [0.05, 0.1) is 6.61 Å². The van der Waals surface area contributed by atoms with Crippen LogP contribution in [-0.4, -0.2) is 17.5 Å². The van der Waals surface area contributed by atoms with Crippen LogP contribution in [0.4, 0.5) is 5.69 Å². The number of carbonyl (C=O) groups is 1. The maximum Gasteiger partial charge on any atom is 0.255 e. The van der Waals surface area contributed by atoms with Crippen LogP contribution in [0.25, 0.3) is 22.6 Å². The Morgan fingerprint density at radius 2 is 1.82 bits per heavy atom. The first-order valence-corrected chi connectivity index (χ1v) is 11.5. The Labute approximate surface area is 194 Å². The molecule has 1 heterocycles. The molecule has 1 aromatic heterocycles. The molecule has 1 N–H and O–H groups in total. The lowest BCUT2D eigenvalue weighted by atomic mass is 9.98. The van der Waals surface area contributed by atoms with Crippen molar-refractivity contribution < 1.29 is 13.9 Å². The van der Waals surface area contributed by atoms with Crippen LogP contribution >= 0.6 is 0 Å². The number of carbonyl (C=O) groups excluding carboxylic acids is 1. The van der Waals surface area contributed by atoms with Crippen LogP contribution in [0, 0.1) is 5.92 Å². The number of aromatic nitrogens is 1. The summed E-state index contributed by atoms with van der Waals surface area (Å²) in [4.78, 5) is 17.4. The van der Waals surface area contributed by atoms with E-state index in [1.165, 1.54) is 5.56 Å². The number of nitrogens with one attached hydrogen (secondary N) is 1. The second-order valence-electron chi connectivity index (χ2n) is 8.82. The van der Waals surface area contributed by atoms with Gasteiger partial charge in [0, 0.05) is 16.8 Å². The van der Waals surface area contributed by atoms with E-state index in [-0.39, 0.29) is 5.91 Å². The first-order valence-electron chi connectivity index (χ1n) is 11.5. The maximum absolute atomic E-state index is 12.7. The highest BCUT2D eigenvalue weighted by atomic mass is 16.5. The third-order valence-corrected chi connectivity index (χ3v) is 5.66. The average Bonchev–Trinajstić information content (AvgIpc) is 3.26. The van der Waals surface area contributed by atoms with Crippen molar-refractivity contribution in [3.8, 4) is 17.2 Å². The third kappa shape index (κ3) is 5.43. The van der Waals surface area contributed by atoms with Crippen LogP contribution < -0.4 is 10.1 Å². The number of fused-ring (bicyclic) bond motifs is 1. The van der Waals surface area contributed by atoms with Crippen molar-refractivity contribution in [2.24, 2.45) is 5.92 Å². The van der Waals surface area contributed by atoms with E-state index in [0.717, 1.165) is 28.8 Å². The first kappa shape index (κ1) is 22.6. The minimum absolute atomic E-state index is 0.182. The Balaban J connectivity index is 1.49. The summed E-state index contributed by atoms with van der Waals surface area (Å²) in [5, 5.41) is 2.95. The molecule has 4 rings (SSSR count). The Hall–Kier alpha value is -3.60. The number of hydrogen-bond donors (Lipinski definition) is 1. The number of rotatable bonds is 8. The van der Waals surface area contributed by atoms with Gasteiger partial charge in [-0.15, -0.1) is 0 Å². The van der Waals surface area contributed by atoms with E-state index >= 15 is 0 Å². The van der Waals surface area contributed by atoms with Crippen LogP contribution in [0.5, 0.6) is 5.75 Å². The molecule has 0 radical (unpaired) electrons. The second-order valence-corrected chi connectivity index (χ2v) is 8.82. The first-order chi connectivity index (χ1) is 15.9. The average molecular weight is 443 g/mol. The highest BCUT2D eigenvalue weighted by Crippen LogP contribution is 2.29. The summed E-state index contributed by atoms with van der Waals surface area (Å²) in [6, 6.07) is 20.9. The van der Waals surface area contributed by atoms with Gasteiger partial charge in [-0.3, -0.25) is 4.79 Å². The van der Waals surface area contributed by atoms with Crippen LogP contribution in [0.1, 0.15) is 56.0 Å². The van der Waals surface area contributed by atoms with Gasteiger partial charge < -0.3 is 14.5 Å². The van der Waals surface area contributed by atoms with E-state index in [1.807, 2.05) is 42.5 Å². The predicted molar refractivity (Wildman–Crippen MR) is 133 cm³/mol. The smallest absolute Gasteiger partial charge is 0.255 e. The molecule has 1 atom stereocenters. The molecule has 3 aromatic carbocycles. The van der Waals surface area contributed by atoms with Gasteiger partial charge in [-0.2, -0.15) is 0 Å². The fourth-order valence-corrected chi connectivity index (χ4v) is 3.51. The fourth-order valence-electron chi connectivity index (χ4n) is 3.51. The number of amides is 1. The van der Waals surface area contributed by atoms with E-state index in [1.54, 1.807) is 12.1 Å². The summed E-state index contributed by atoms with van der Waals surface area (Å²) in [5.41, 5.74) is 4.92. The molecule has 1 amide bonds. The lowest BCUT2D eigenvalue weighted by Crippen LogP contribution is -2.12. The number of ether oxygens (including phenoxy) is 1. The molecule has 0 saturated carbocycles. The molecule has 0 spiro atoms. The summed E-state index contributed by atoms with van der Waals surface area (Å²) in [7, 11) is 0. The zero-order chi connectivity index (χ0) is 23.4. The van der Waals surface area contributed by atoms with Gasteiger partial charge in [0.1, 0.15) is 11.3 Å². The summed E-state index contributed by atoms with van der Waals surface area (Å²) < 4.78 is 11.7.